The fourth-order valence-electron chi connectivity index (χ4n) is 3.05. The first kappa shape index (κ1) is 17.1. The Balaban J connectivity index is 1.69. The summed E-state index contributed by atoms with van der Waals surface area (Å²) in [5.41, 5.74) is 2.38. The fraction of sp³-hybridized carbons (Fsp3) is 0.600. The lowest BCUT2D eigenvalue weighted by atomic mass is 10.2. The molecule has 24 heavy (non-hydrogen) atoms. The minimum atomic E-state index is -3.56. The highest BCUT2D eigenvalue weighted by Crippen LogP contribution is 2.25. The third-order valence-corrected chi connectivity index (χ3v) is 6.60. The van der Waals surface area contributed by atoms with Crippen LogP contribution < -0.4 is 0 Å². The first-order chi connectivity index (χ1) is 11.3. The van der Waals surface area contributed by atoms with Gasteiger partial charge in [-0.3, -0.25) is 4.90 Å². The molecule has 0 saturated carbocycles. The molecule has 3 rings (SSSR count). The lowest BCUT2D eigenvalue weighted by Gasteiger charge is -2.33. The van der Waals surface area contributed by atoms with E-state index in [1.165, 1.54) is 4.31 Å². The first-order valence-corrected chi connectivity index (χ1v) is 9.32. The van der Waals surface area contributed by atoms with Gasteiger partial charge in [-0.05, 0) is 27.7 Å². The highest BCUT2D eigenvalue weighted by Gasteiger charge is 2.33. The van der Waals surface area contributed by atoms with Gasteiger partial charge in [-0.2, -0.15) is 4.31 Å². The number of sulfonamides is 1. The van der Waals surface area contributed by atoms with Crippen molar-refractivity contribution in [2.24, 2.45) is 0 Å². The van der Waals surface area contributed by atoms with Gasteiger partial charge in [0.05, 0.1) is 5.69 Å². The van der Waals surface area contributed by atoms with E-state index in [9.17, 15) is 8.42 Å². The number of nitrogens with zero attached hydrogens (tertiary/aromatic N) is 4. The predicted molar refractivity (Wildman–Crippen MR) is 86.0 cm³/mol. The van der Waals surface area contributed by atoms with Crippen molar-refractivity contribution in [2.75, 3.05) is 26.2 Å². The minimum Gasteiger partial charge on any atom is -0.361 e. The molecular formula is C15H22N4O4S. The average molecular weight is 354 g/mol. The van der Waals surface area contributed by atoms with Gasteiger partial charge >= 0.3 is 0 Å². The summed E-state index contributed by atoms with van der Waals surface area (Å²) >= 11 is 0. The van der Waals surface area contributed by atoms with E-state index in [1.54, 1.807) is 13.8 Å². The monoisotopic (exact) mass is 354 g/mol. The zero-order valence-corrected chi connectivity index (χ0v) is 15.2. The molecular weight excluding hydrogens is 332 g/mol. The summed E-state index contributed by atoms with van der Waals surface area (Å²) in [4.78, 5) is 2.41. The molecule has 3 heterocycles. The Kier molecular flexibility index (Phi) is 4.50. The topological polar surface area (TPSA) is 92.7 Å². The molecule has 0 amide bonds. The first-order valence-electron chi connectivity index (χ1n) is 7.88. The Labute approximate surface area is 141 Å². The molecule has 0 unspecified atom stereocenters. The molecule has 0 radical (unpaired) electrons. The quantitative estimate of drug-likeness (QED) is 0.819. The predicted octanol–water partition coefficient (Wildman–Crippen LogP) is 1.40. The Morgan fingerprint density at radius 3 is 2.00 bits per heavy atom. The third-order valence-electron chi connectivity index (χ3n) is 4.46. The summed E-state index contributed by atoms with van der Waals surface area (Å²) in [5.74, 6) is 1.16. The summed E-state index contributed by atoms with van der Waals surface area (Å²) in [6, 6.07) is 0. The summed E-state index contributed by atoms with van der Waals surface area (Å²) in [6.45, 7) is 10.0. The number of hydrogen-bond acceptors (Lipinski definition) is 7. The van der Waals surface area contributed by atoms with Crippen LogP contribution >= 0.6 is 0 Å². The van der Waals surface area contributed by atoms with Crippen LogP contribution in [0.4, 0.5) is 0 Å². The van der Waals surface area contributed by atoms with E-state index in [0.717, 1.165) is 23.6 Å². The number of hydrogen-bond donors (Lipinski definition) is 0. The van der Waals surface area contributed by atoms with Crippen molar-refractivity contribution in [3.63, 3.8) is 0 Å². The van der Waals surface area contributed by atoms with Crippen molar-refractivity contribution in [3.8, 4) is 0 Å². The minimum absolute atomic E-state index is 0.196. The Morgan fingerprint density at radius 1 is 0.917 bits per heavy atom. The van der Waals surface area contributed by atoms with Crippen molar-refractivity contribution in [3.05, 3.63) is 28.5 Å². The number of aryl methyl sites for hydroxylation is 4. The van der Waals surface area contributed by atoms with E-state index in [0.29, 0.717) is 37.6 Å². The van der Waals surface area contributed by atoms with Gasteiger partial charge in [0.2, 0.25) is 10.0 Å². The van der Waals surface area contributed by atoms with Crippen molar-refractivity contribution in [2.45, 2.75) is 39.1 Å². The molecule has 2 aromatic heterocycles. The maximum Gasteiger partial charge on any atom is 0.248 e. The van der Waals surface area contributed by atoms with Crippen molar-refractivity contribution < 1.29 is 17.5 Å². The van der Waals surface area contributed by atoms with E-state index in [1.807, 2.05) is 13.8 Å². The van der Waals surface area contributed by atoms with Crippen LogP contribution in [0.2, 0.25) is 0 Å². The molecule has 2 aromatic rings. The van der Waals surface area contributed by atoms with Gasteiger partial charge in [0.25, 0.3) is 0 Å². The summed E-state index contributed by atoms with van der Waals surface area (Å²) in [5, 5.41) is 7.72. The molecule has 1 aliphatic heterocycles. The second-order valence-electron chi connectivity index (χ2n) is 6.14. The van der Waals surface area contributed by atoms with E-state index in [-0.39, 0.29) is 4.90 Å². The molecule has 1 fully saturated rings. The van der Waals surface area contributed by atoms with E-state index in [4.69, 9.17) is 9.05 Å². The fourth-order valence-corrected chi connectivity index (χ4v) is 4.76. The highest BCUT2D eigenvalue weighted by molar-refractivity contribution is 7.89. The zero-order valence-electron chi connectivity index (χ0n) is 14.4. The van der Waals surface area contributed by atoms with Gasteiger partial charge in [0.1, 0.15) is 16.3 Å². The van der Waals surface area contributed by atoms with E-state index >= 15 is 0 Å². The number of aromatic nitrogens is 2. The van der Waals surface area contributed by atoms with Gasteiger partial charge in [-0.25, -0.2) is 8.42 Å². The van der Waals surface area contributed by atoms with Gasteiger partial charge in [-0.15, -0.1) is 0 Å². The Hall–Kier alpha value is -1.71. The molecule has 0 spiro atoms. The van der Waals surface area contributed by atoms with E-state index in [2.05, 4.69) is 15.2 Å². The molecule has 0 aliphatic carbocycles. The average Bonchev–Trinajstić information content (AvgIpc) is 3.04. The maximum absolute atomic E-state index is 12.8. The van der Waals surface area contributed by atoms with Crippen LogP contribution in [0.25, 0.3) is 0 Å². The lowest BCUT2D eigenvalue weighted by Crippen LogP contribution is -2.48. The molecule has 1 saturated heterocycles. The Bertz CT molecular complexity index is 793. The lowest BCUT2D eigenvalue weighted by molar-refractivity contribution is 0.180. The van der Waals surface area contributed by atoms with Crippen LogP contribution in [0, 0.1) is 27.7 Å². The molecule has 8 nitrogen and oxygen atoms in total. The van der Waals surface area contributed by atoms with Crippen molar-refractivity contribution in [1.29, 1.82) is 0 Å². The maximum atomic E-state index is 12.8. The molecule has 0 N–H and O–H groups in total. The van der Waals surface area contributed by atoms with Crippen LogP contribution in [0.1, 0.15) is 28.5 Å². The zero-order chi connectivity index (χ0) is 17.5. The van der Waals surface area contributed by atoms with Crippen molar-refractivity contribution in [1.82, 2.24) is 19.5 Å². The van der Waals surface area contributed by atoms with Crippen LogP contribution in [-0.2, 0) is 16.6 Å². The number of rotatable bonds is 4. The summed E-state index contributed by atoms with van der Waals surface area (Å²) in [7, 11) is -3.56. The van der Waals surface area contributed by atoms with Gasteiger partial charge < -0.3 is 9.05 Å². The molecule has 9 heteroatoms. The SMILES string of the molecule is Cc1noc(C)c1CN1CCN(S(=O)(=O)c2c(C)noc2C)CC1. The standard InChI is InChI=1S/C15H22N4O4S/c1-10-14(12(3)22-16-10)9-18-5-7-19(8-6-18)24(20,21)15-11(2)17-23-13(15)4/h5-9H2,1-4H3. The second kappa shape index (κ2) is 6.30. The Morgan fingerprint density at radius 2 is 1.50 bits per heavy atom. The van der Waals surface area contributed by atoms with Gasteiger partial charge in [0.15, 0.2) is 5.76 Å². The van der Waals surface area contributed by atoms with Crippen molar-refractivity contribution >= 4 is 10.0 Å². The smallest absolute Gasteiger partial charge is 0.248 e. The molecule has 1 aliphatic rings. The summed E-state index contributed by atoms with van der Waals surface area (Å²) in [6.07, 6.45) is 0. The highest BCUT2D eigenvalue weighted by atomic mass is 32.2. The van der Waals surface area contributed by atoms with Crippen LogP contribution in [0.15, 0.2) is 13.9 Å². The van der Waals surface area contributed by atoms with Crippen LogP contribution in [0.3, 0.4) is 0 Å². The van der Waals surface area contributed by atoms with Crippen LogP contribution in [-0.4, -0.2) is 54.1 Å². The molecule has 0 bridgehead atoms. The van der Waals surface area contributed by atoms with Gasteiger partial charge in [-0.1, -0.05) is 10.3 Å². The summed E-state index contributed by atoms with van der Waals surface area (Å²) < 4.78 is 37.3. The molecule has 132 valence electrons. The molecule has 0 atom stereocenters. The molecule has 0 aromatic carbocycles. The normalized spacial score (nSPS) is 17.5. The van der Waals surface area contributed by atoms with E-state index < -0.39 is 10.0 Å². The van der Waals surface area contributed by atoms with Crippen LogP contribution in [0.5, 0.6) is 0 Å². The largest absolute Gasteiger partial charge is 0.361 e. The number of piperazine rings is 1. The third kappa shape index (κ3) is 2.99. The van der Waals surface area contributed by atoms with Gasteiger partial charge in [0, 0.05) is 38.3 Å². The second-order valence-corrected chi connectivity index (χ2v) is 8.01.